The van der Waals surface area contributed by atoms with Crippen molar-refractivity contribution in [1.29, 1.82) is 0 Å². The molecule has 0 saturated heterocycles. The zero-order valence-corrected chi connectivity index (χ0v) is 12.5. The van der Waals surface area contributed by atoms with Crippen molar-refractivity contribution in [3.05, 3.63) is 34.3 Å². The summed E-state index contributed by atoms with van der Waals surface area (Å²) in [6.45, 7) is 5.33. The number of benzene rings is 1. The first-order valence-electron chi connectivity index (χ1n) is 6.33. The lowest BCUT2D eigenvalue weighted by atomic mass is 10.00. The molecule has 3 N–H and O–H groups in total. The third-order valence-corrected chi connectivity index (χ3v) is 3.57. The molecule has 1 aromatic rings. The Hall–Kier alpha value is -1.75. The fourth-order valence-corrected chi connectivity index (χ4v) is 1.86. The standard InChI is InChI=1S/C14H19ClN2O3/c1-4-14(3,12(18)19)17-13(20)16-8-10-6-5-9(2)7-11(10)15/h5-7H,4,8H2,1-3H3,(H,18,19)(H2,16,17,20). The van der Waals surface area contributed by atoms with Crippen LogP contribution in [0.4, 0.5) is 4.79 Å². The van der Waals surface area contributed by atoms with Gasteiger partial charge in [-0.25, -0.2) is 9.59 Å². The van der Waals surface area contributed by atoms with Crippen molar-refractivity contribution in [1.82, 2.24) is 10.6 Å². The monoisotopic (exact) mass is 298 g/mol. The molecule has 0 aliphatic rings. The van der Waals surface area contributed by atoms with Crippen LogP contribution in [0.25, 0.3) is 0 Å². The second-order valence-electron chi connectivity index (χ2n) is 4.89. The maximum Gasteiger partial charge on any atom is 0.329 e. The molecule has 20 heavy (non-hydrogen) atoms. The number of hydrogen-bond acceptors (Lipinski definition) is 2. The topological polar surface area (TPSA) is 78.4 Å². The Labute approximate surface area is 123 Å². The predicted octanol–water partition coefficient (Wildman–Crippen LogP) is 2.70. The number of nitrogens with one attached hydrogen (secondary N) is 2. The minimum atomic E-state index is -1.28. The van der Waals surface area contributed by atoms with Gasteiger partial charge in [0.25, 0.3) is 0 Å². The van der Waals surface area contributed by atoms with Gasteiger partial charge in [0.1, 0.15) is 5.54 Å². The van der Waals surface area contributed by atoms with E-state index in [-0.39, 0.29) is 6.54 Å². The van der Waals surface area contributed by atoms with Gasteiger partial charge < -0.3 is 15.7 Å². The van der Waals surface area contributed by atoms with Crippen LogP contribution in [-0.2, 0) is 11.3 Å². The van der Waals surface area contributed by atoms with Crippen molar-refractivity contribution in [3.8, 4) is 0 Å². The summed E-state index contributed by atoms with van der Waals surface area (Å²) < 4.78 is 0. The van der Waals surface area contributed by atoms with Crippen molar-refractivity contribution < 1.29 is 14.7 Å². The van der Waals surface area contributed by atoms with Crippen LogP contribution in [-0.4, -0.2) is 22.6 Å². The van der Waals surface area contributed by atoms with Crippen molar-refractivity contribution in [2.24, 2.45) is 0 Å². The van der Waals surface area contributed by atoms with Gasteiger partial charge in [-0.1, -0.05) is 30.7 Å². The van der Waals surface area contributed by atoms with Gasteiger partial charge in [0.15, 0.2) is 0 Å². The third kappa shape index (κ3) is 4.13. The lowest BCUT2D eigenvalue weighted by Crippen LogP contribution is -2.54. The first-order chi connectivity index (χ1) is 9.28. The number of carboxylic acid groups (broad SMARTS) is 1. The summed E-state index contributed by atoms with van der Waals surface area (Å²) in [7, 11) is 0. The molecule has 0 radical (unpaired) electrons. The van der Waals surface area contributed by atoms with Crippen molar-refractivity contribution >= 4 is 23.6 Å². The number of carbonyl (C=O) groups excluding carboxylic acids is 1. The van der Waals surface area contributed by atoms with Crippen LogP contribution in [0.15, 0.2) is 18.2 Å². The van der Waals surface area contributed by atoms with Crippen LogP contribution >= 0.6 is 11.6 Å². The molecule has 1 rings (SSSR count). The fraction of sp³-hybridized carbons (Fsp3) is 0.429. The van der Waals surface area contributed by atoms with E-state index in [0.717, 1.165) is 11.1 Å². The number of rotatable bonds is 5. The average Bonchev–Trinajstić information content (AvgIpc) is 2.37. The first-order valence-corrected chi connectivity index (χ1v) is 6.70. The summed E-state index contributed by atoms with van der Waals surface area (Å²) >= 11 is 6.06. The van der Waals surface area contributed by atoms with E-state index in [4.69, 9.17) is 16.7 Å². The second-order valence-corrected chi connectivity index (χ2v) is 5.30. The van der Waals surface area contributed by atoms with Crippen LogP contribution in [0.2, 0.25) is 5.02 Å². The lowest BCUT2D eigenvalue weighted by Gasteiger charge is -2.24. The molecular formula is C14H19ClN2O3. The van der Waals surface area contributed by atoms with Crippen LogP contribution in [0.3, 0.4) is 0 Å². The van der Waals surface area contributed by atoms with E-state index in [0.29, 0.717) is 11.4 Å². The zero-order valence-electron chi connectivity index (χ0n) is 11.8. The normalized spacial score (nSPS) is 13.4. The number of carbonyl (C=O) groups is 2. The van der Waals surface area contributed by atoms with Gasteiger partial charge in [0, 0.05) is 11.6 Å². The average molecular weight is 299 g/mol. The van der Waals surface area contributed by atoms with E-state index in [1.165, 1.54) is 6.92 Å². The van der Waals surface area contributed by atoms with Gasteiger partial charge in [-0.2, -0.15) is 0 Å². The Morgan fingerprint density at radius 1 is 1.40 bits per heavy atom. The smallest absolute Gasteiger partial charge is 0.329 e. The van der Waals surface area contributed by atoms with Crippen LogP contribution in [0.1, 0.15) is 31.4 Å². The number of urea groups is 1. The van der Waals surface area contributed by atoms with Gasteiger partial charge in [0.2, 0.25) is 0 Å². The summed E-state index contributed by atoms with van der Waals surface area (Å²) in [5.74, 6) is -1.07. The van der Waals surface area contributed by atoms with Crippen molar-refractivity contribution in [3.63, 3.8) is 0 Å². The molecule has 0 aliphatic carbocycles. The molecule has 0 bridgehead atoms. The molecule has 0 aromatic heterocycles. The molecule has 1 unspecified atom stereocenters. The van der Waals surface area contributed by atoms with Gasteiger partial charge in [-0.3, -0.25) is 0 Å². The molecule has 5 nitrogen and oxygen atoms in total. The SMILES string of the molecule is CCC(C)(NC(=O)NCc1ccc(C)cc1Cl)C(=O)O. The number of aliphatic carboxylic acids is 1. The summed E-state index contributed by atoms with van der Waals surface area (Å²) in [4.78, 5) is 22.8. The van der Waals surface area contributed by atoms with Gasteiger partial charge in [-0.05, 0) is 37.5 Å². The number of halogens is 1. The highest BCUT2D eigenvalue weighted by molar-refractivity contribution is 6.31. The van der Waals surface area contributed by atoms with E-state index in [9.17, 15) is 9.59 Å². The third-order valence-electron chi connectivity index (χ3n) is 3.22. The van der Waals surface area contributed by atoms with Crippen LogP contribution in [0.5, 0.6) is 0 Å². The Balaban J connectivity index is 2.62. The highest BCUT2D eigenvalue weighted by Gasteiger charge is 2.32. The van der Waals surface area contributed by atoms with E-state index < -0.39 is 17.5 Å². The molecule has 0 saturated carbocycles. The maximum absolute atomic E-state index is 11.7. The highest BCUT2D eigenvalue weighted by atomic mass is 35.5. The van der Waals surface area contributed by atoms with Crippen molar-refractivity contribution in [2.75, 3.05) is 0 Å². The largest absolute Gasteiger partial charge is 0.480 e. The molecule has 1 atom stereocenters. The molecule has 0 heterocycles. The molecule has 0 spiro atoms. The van der Waals surface area contributed by atoms with Gasteiger partial charge in [0.05, 0.1) is 0 Å². The summed E-state index contributed by atoms with van der Waals surface area (Å²) in [6, 6.07) is 5.00. The van der Waals surface area contributed by atoms with Crippen LogP contribution < -0.4 is 10.6 Å². The van der Waals surface area contributed by atoms with Gasteiger partial charge >= 0.3 is 12.0 Å². The van der Waals surface area contributed by atoms with Gasteiger partial charge in [-0.15, -0.1) is 0 Å². The van der Waals surface area contributed by atoms with E-state index in [2.05, 4.69) is 10.6 Å². The molecule has 110 valence electrons. The highest BCUT2D eigenvalue weighted by Crippen LogP contribution is 2.17. The summed E-state index contributed by atoms with van der Waals surface area (Å²) in [5, 5.41) is 14.7. The molecule has 1 aromatic carbocycles. The summed E-state index contributed by atoms with van der Waals surface area (Å²) in [6.07, 6.45) is 0.293. The quantitative estimate of drug-likeness (QED) is 0.782. The minimum absolute atomic E-state index is 0.240. The molecule has 0 fully saturated rings. The molecule has 2 amide bonds. The lowest BCUT2D eigenvalue weighted by molar-refractivity contribution is -0.143. The fourth-order valence-electron chi connectivity index (χ4n) is 1.56. The minimum Gasteiger partial charge on any atom is -0.480 e. The molecule has 0 aliphatic heterocycles. The maximum atomic E-state index is 11.7. The van der Waals surface area contributed by atoms with E-state index in [1.54, 1.807) is 6.92 Å². The van der Waals surface area contributed by atoms with Crippen LogP contribution in [0, 0.1) is 6.92 Å². The number of carboxylic acids is 1. The Morgan fingerprint density at radius 3 is 2.55 bits per heavy atom. The number of amides is 2. The van der Waals surface area contributed by atoms with E-state index in [1.807, 2.05) is 25.1 Å². The first kappa shape index (κ1) is 16.3. The Bertz CT molecular complexity index is 519. The number of aryl methyl sites for hydroxylation is 1. The predicted molar refractivity (Wildman–Crippen MR) is 77.9 cm³/mol. The zero-order chi connectivity index (χ0) is 15.3. The molecule has 6 heteroatoms. The second kappa shape index (κ2) is 6.61. The van der Waals surface area contributed by atoms with E-state index >= 15 is 0 Å². The van der Waals surface area contributed by atoms with Crippen molar-refractivity contribution in [2.45, 2.75) is 39.3 Å². The molecular weight excluding hydrogens is 280 g/mol. The Kier molecular flexibility index (Phi) is 5.39. The number of hydrogen-bond donors (Lipinski definition) is 3. The summed E-state index contributed by atoms with van der Waals surface area (Å²) in [5.41, 5.74) is 0.537. The Morgan fingerprint density at radius 2 is 2.05 bits per heavy atom.